The lowest BCUT2D eigenvalue weighted by Crippen LogP contribution is -2.39. The predicted molar refractivity (Wildman–Crippen MR) is 145 cm³/mol. The standard InChI is InChI=1S/C29H35ClN2O3/c1-20(2)32(21(3)4)16-17-35-28-19-24(14-15-27(28)34-5)31-29(33)18-22-10-12-23(13-11-22)25-8-6-7-9-26(25)30/h6-15,19-21H,16-18H2,1-5H3,(H,31,33). The van der Waals surface area contributed by atoms with Crippen LogP contribution in [-0.2, 0) is 11.2 Å². The number of nitrogens with zero attached hydrogens (tertiary/aromatic N) is 1. The van der Waals surface area contributed by atoms with Crippen molar-refractivity contribution < 1.29 is 14.3 Å². The van der Waals surface area contributed by atoms with E-state index in [0.717, 1.165) is 23.2 Å². The second kappa shape index (κ2) is 12.6. The Labute approximate surface area is 214 Å². The molecule has 1 N–H and O–H groups in total. The Morgan fingerprint density at radius 2 is 1.63 bits per heavy atom. The number of anilines is 1. The highest BCUT2D eigenvalue weighted by atomic mass is 35.5. The van der Waals surface area contributed by atoms with Crippen LogP contribution in [0.1, 0.15) is 33.3 Å². The maximum Gasteiger partial charge on any atom is 0.228 e. The fourth-order valence-electron chi connectivity index (χ4n) is 4.13. The molecule has 5 nitrogen and oxygen atoms in total. The van der Waals surface area contributed by atoms with Gasteiger partial charge in [-0.25, -0.2) is 0 Å². The van der Waals surface area contributed by atoms with Crippen LogP contribution in [0.3, 0.4) is 0 Å². The normalized spacial score (nSPS) is 11.2. The number of hydrogen-bond donors (Lipinski definition) is 1. The number of nitrogens with one attached hydrogen (secondary N) is 1. The number of methoxy groups -OCH3 is 1. The zero-order chi connectivity index (χ0) is 25.4. The van der Waals surface area contributed by atoms with E-state index < -0.39 is 0 Å². The summed E-state index contributed by atoms with van der Waals surface area (Å²) in [4.78, 5) is 15.1. The number of carbonyl (C=O) groups excluding carboxylic acids is 1. The summed E-state index contributed by atoms with van der Waals surface area (Å²) in [5, 5.41) is 3.67. The Morgan fingerprint density at radius 3 is 2.26 bits per heavy atom. The summed E-state index contributed by atoms with van der Waals surface area (Å²) in [5.41, 5.74) is 3.58. The van der Waals surface area contributed by atoms with Crippen LogP contribution in [0.15, 0.2) is 66.7 Å². The van der Waals surface area contributed by atoms with Crippen molar-refractivity contribution in [3.8, 4) is 22.6 Å². The van der Waals surface area contributed by atoms with Gasteiger partial charge in [0.05, 0.1) is 13.5 Å². The lowest BCUT2D eigenvalue weighted by Gasteiger charge is -2.30. The number of halogens is 1. The highest BCUT2D eigenvalue weighted by molar-refractivity contribution is 6.33. The van der Waals surface area contributed by atoms with Crippen molar-refractivity contribution in [3.63, 3.8) is 0 Å². The number of hydrogen-bond acceptors (Lipinski definition) is 4. The van der Waals surface area contributed by atoms with Gasteiger partial charge >= 0.3 is 0 Å². The maximum absolute atomic E-state index is 12.7. The molecular weight excluding hydrogens is 460 g/mol. The summed E-state index contributed by atoms with van der Waals surface area (Å²) in [7, 11) is 1.61. The zero-order valence-electron chi connectivity index (χ0n) is 21.2. The largest absolute Gasteiger partial charge is 0.493 e. The second-order valence-corrected chi connectivity index (χ2v) is 9.45. The molecule has 0 atom stereocenters. The fourth-order valence-corrected chi connectivity index (χ4v) is 4.37. The first kappa shape index (κ1) is 26.6. The Kier molecular flexibility index (Phi) is 9.58. The van der Waals surface area contributed by atoms with Crippen LogP contribution in [0.2, 0.25) is 5.02 Å². The van der Waals surface area contributed by atoms with Gasteiger partial charge in [-0.05, 0) is 57.0 Å². The molecule has 35 heavy (non-hydrogen) atoms. The van der Waals surface area contributed by atoms with E-state index in [0.29, 0.717) is 40.9 Å². The predicted octanol–water partition coefficient (Wildman–Crippen LogP) is 6.69. The van der Waals surface area contributed by atoms with Gasteiger partial charge in [-0.1, -0.05) is 54.1 Å². The van der Waals surface area contributed by atoms with Crippen molar-refractivity contribution in [2.75, 3.05) is 25.6 Å². The van der Waals surface area contributed by atoms with Gasteiger partial charge < -0.3 is 14.8 Å². The lowest BCUT2D eigenvalue weighted by atomic mass is 10.0. The first-order valence-electron chi connectivity index (χ1n) is 12.0. The van der Waals surface area contributed by atoms with Gasteiger partial charge in [0.15, 0.2) is 11.5 Å². The van der Waals surface area contributed by atoms with Crippen LogP contribution in [0.25, 0.3) is 11.1 Å². The molecule has 0 aliphatic carbocycles. The van der Waals surface area contributed by atoms with E-state index >= 15 is 0 Å². The van der Waals surface area contributed by atoms with E-state index in [9.17, 15) is 4.79 Å². The van der Waals surface area contributed by atoms with E-state index in [-0.39, 0.29) is 12.3 Å². The minimum Gasteiger partial charge on any atom is -0.493 e. The summed E-state index contributed by atoms with van der Waals surface area (Å²) >= 11 is 6.30. The molecule has 0 spiro atoms. The van der Waals surface area contributed by atoms with Gasteiger partial charge in [-0.2, -0.15) is 0 Å². The van der Waals surface area contributed by atoms with Crippen molar-refractivity contribution in [1.29, 1.82) is 0 Å². The van der Waals surface area contributed by atoms with Crippen LogP contribution < -0.4 is 14.8 Å². The first-order chi connectivity index (χ1) is 16.8. The summed E-state index contributed by atoms with van der Waals surface area (Å²) < 4.78 is 11.5. The summed E-state index contributed by atoms with van der Waals surface area (Å²) in [6.07, 6.45) is 0.267. The molecule has 0 radical (unpaired) electrons. The Bertz CT molecular complexity index is 1110. The van der Waals surface area contributed by atoms with Gasteiger partial charge in [0, 0.05) is 41.0 Å². The van der Waals surface area contributed by atoms with E-state index in [2.05, 4.69) is 37.9 Å². The van der Waals surface area contributed by atoms with Crippen LogP contribution in [0, 0.1) is 0 Å². The molecular formula is C29H35ClN2O3. The molecule has 186 valence electrons. The summed E-state index contributed by atoms with van der Waals surface area (Å²) in [6, 6.07) is 21.9. The van der Waals surface area contributed by atoms with Crippen molar-refractivity contribution >= 4 is 23.2 Å². The van der Waals surface area contributed by atoms with Gasteiger partial charge in [-0.15, -0.1) is 0 Å². The first-order valence-corrected chi connectivity index (χ1v) is 12.4. The number of rotatable bonds is 11. The van der Waals surface area contributed by atoms with Gasteiger partial charge in [0.2, 0.25) is 5.91 Å². The molecule has 6 heteroatoms. The molecule has 0 saturated heterocycles. The molecule has 3 rings (SSSR count). The van der Waals surface area contributed by atoms with Crippen LogP contribution in [0.4, 0.5) is 5.69 Å². The van der Waals surface area contributed by atoms with E-state index in [1.807, 2.05) is 66.7 Å². The summed E-state index contributed by atoms with van der Waals surface area (Å²) in [5.74, 6) is 1.15. The molecule has 1 amide bonds. The van der Waals surface area contributed by atoms with Crippen molar-refractivity contribution in [1.82, 2.24) is 4.90 Å². The molecule has 0 unspecified atom stereocenters. The average molecular weight is 495 g/mol. The van der Waals surface area contributed by atoms with Crippen LogP contribution in [-0.4, -0.2) is 43.2 Å². The molecule has 0 aromatic heterocycles. The average Bonchev–Trinajstić information content (AvgIpc) is 2.82. The number of benzene rings is 3. The van der Waals surface area contributed by atoms with E-state index in [4.69, 9.17) is 21.1 Å². The smallest absolute Gasteiger partial charge is 0.228 e. The molecule has 3 aromatic carbocycles. The van der Waals surface area contributed by atoms with Gasteiger partial charge in [0.1, 0.15) is 6.61 Å². The minimum atomic E-state index is -0.0996. The number of ether oxygens (including phenoxy) is 2. The number of carbonyl (C=O) groups is 1. The molecule has 0 saturated carbocycles. The second-order valence-electron chi connectivity index (χ2n) is 9.04. The quantitative estimate of drug-likeness (QED) is 0.322. The van der Waals surface area contributed by atoms with E-state index in [1.54, 1.807) is 7.11 Å². The third-order valence-electron chi connectivity index (χ3n) is 5.88. The lowest BCUT2D eigenvalue weighted by molar-refractivity contribution is -0.115. The van der Waals surface area contributed by atoms with Gasteiger partial charge in [-0.3, -0.25) is 9.69 Å². The molecule has 0 heterocycles. The summed E-state index contributed by atoms with van der Waals surface area (Å²) in [6.45, 7) is 10.1. The third kappa shape index (κ3) is 7.48. The Hall–Kier alpha value is -3.02. The Balaban J connectivity index is 1.61. The molecule has 3 aromatic rings. The Morgan fingerprint density at radius 1 is 0.943 bits per heavy atom. The third-order valence-corrected chi connectivity index (χ3v) is 6.21. The van der Waals surface area contributed by atoms with Crippen molar-refractivity contribution in [2.45, 2.75) is 46.2 Å². The molecule has 0 aliphatic rings. The fraction of sp³-hybridized carbons (Fsp3) is 0.345. The van der Waals surface area contributed by atoms with Gasteiger partial charge in [0.25, 0.3) is 0 Å². The highest BCUT2D eigenvalue weighted by Crippen LogP contribution is 2.31. The number of amides is 1. The highest BCUT2D eigenvalue weighted by Gasteiger charge is 2.14. The maximum atomic E-state index is 12.7. The molecule has 0 fully saturated rings. The van der Waals surface area contributed by atoms with Crippen molar-refractivity contribution in [3.05, 3.63) is 77.3 Å². The van der Waals surface area contributed by atoms with Crippen molar-refractivity contribution in [2.24, 2.45) is 0 Å². The molecule has 0 bridgehead atoms. The van der Waals surface area contributed by atoms with Crippen LogP contribution >= 0.6 is 11.6 Å². The molecule has 0 aliphatic heterocycles. The minimum absolute atomic E-state index is 0.0996. The monoisotopic (exact) mass is 494 g/mol. The topological polar surface area (TPSA) is 50.8 Å². The van der Waals surface area contributed by atoms with E-state index in [1.165, 1.54) is 0 Å². The zero-order valence-corrected chi connectivity index (χ0v) is 21.9. The SMILES string of the molecule is COc1ccc(NC(=O)Cc2ccc(-c3ccccc3Cl)cc2)cc1OCCN(C(C)C)C(C)C. The van der Waals surface area contributed by atoms with Crippen LogP contribution in [0.5, 0.6) is 11.5 Å².